The van der Waals surface area contributed by atoms with Crippen LogP contribution >= 0.6 is 0 Å². The standard InChI is InChI=1S/C7H6N2O3.C4H8N2O3/c8-9-4-1-2-5(7(11)12)6(10)3-4;5-3(7)1-2-4(8)6-9/h1-2,10H,3H2,(H,11,12);9H,1-2H2,(H2,5,7)(H,6,8). The van der Waals surface area contributed by atoms with E-state index in [0.717, 1.165) is 0 Å². The molecule has 0 saturated carbocycles. The Morgan fingerprint density at radius 3 is 2.33 bits per heavy atom. The van der Waals surface area contributed by atoms with E-state index in [1.165, 1.54) is 17.6 Å². The number of carboxylic acid groups (broad SMARTS) is 1. The molecule has 6 N–H and O–H groups in total. The van der Waals surface area contributed by atoms with Gasteiger partial charge in [-0.1, -0.05) is 0 Å². The van der Waals surface area contributed by atoms with Crippen molar-refractivity contribution in [1.29, 1.82) is 0 Å². The van der Waals surface area contributed by atoms with E-state index in [0.29, 0.717) is 0 Å². The van der Waals surface area contributed by atoms with Gasteiger partial charge in [0.1, 0.15) is 12.2 Å². The van der Waals surface area contributed by atoms with E-state index in [-0.39, 0.29) is 36.3 Å². The zero-order valence-corrected chi connectivity index (χ0v) is 10.8. The number of carbonyl (C=O) groups excluding carboxylic acids is 2. The van der Waals surface area contributed by atoms with Crippen LogP contribution in [-0.2, 0) is 14.4 Å². The van der Waals surface area contributed by atoms with Crippen LogP contribution in [0.3, 0.4) is 0 Å². The van der Waals surface area contributed by atoms with E-state index in [1.807, 2.05) is 0 Å². The topological polar surface area (TPSA) is 186 Å². The lowest BCUT2D eigenvalue weighted by atomic mass is 10.0. The molecule has 0 saturated heterocycles. The molecule has 0 heterocycles. The summed E-state index contributed by atoms with van der Waals surface area (Å²) in [6.07, 6.45) is 2.38. The summed E-state index contributed by atoms with van der Waals surface area (Å²) < 4.78 is 0. The molecule has 21 heavy (non-hydrogen) atoms. The van der Waals surface area contributed by atoms with Gasteiger partial charge >= 0.3 is 5.97 Å². The maximum atomic E-state index is 10.4. The molecule has 0 aromatic rings. The number of aliphatic hydroxyl groups is 1. The summed E-state index contributed by atoms with van der Waals surface area (Å²) in [5, 5.41) is 25.5. The van der Waals surface area contributed by atoms with E-state index in [4.69, 9.17) is 26.7 Å². The van der Waals surface area contributed by atoms with Gasteiger partial charge in [-0.2, -0.15) is 4.79 Å². The van der Waals surface area contributed by atoms with Crippen LogP contribution in [0.2, 0.25) is 0 Å². The summed E-state index contributed by atoms with van der Waals surface area (Å²) in [7, 11) is 0. The molecule has 0 fully saturated rings. The normalized spacial score (nSPS) is 12.9. The van der Waals surface area contributed by atoms with E-state index in [2.05, 4.69) is 4.79 Å². The molecular weight excluding hydrogens is 284 g/mol. The average Bonchev–Trinajstić information content (AvgIpc) is 2.44. The number of hydroxylamine groups is 1. The Morgan fingerprint density at radius 2 is 1.95 bits per heavy atom. The quantitative estimate of drug-likeness (QED) is 0.197. The summed E-state index contributed by atoms with van der Waals surface area (Å²) in [5.74, 6) is -2.65. The maximum absolute atomic E-state index is 10.4. The second kappa shape index (κ2) is 9.02. The fraction of sp³-hybridized carbons (Fsp3) is 0.273. The minimum Gasteiger partial charge on any atom is -0.511 e. The van der Waals surface area contributed by atoms with Crippen LogP contribution in [0.5, 0.6) is 0 Å². The maximum Gasteiger partial charge on any atom is 0.339 e. The molecule has 0 spiro atoms. The van der Waals surface area contributed by atoms with Crippen molar-refractivity contribution in [2.24, 2.45) is 5.73 Å². The number of hydrogen-bond donors (Lipinski definition) is 5. The summed E-state index contributed by atoms with van der Waals surface area (Å²) in [4.78, 5) is 33.4. The van der Waals surface area contributed by atoms with Gasteiger partial charge in [-0.05, 0) is 6.08 Å². The zero-order valence-electron chi connectivity index (χ0n) is 10.8. The van der Waals surface area contributed by atoms with E-state index < -0.39 is 17.8 Å². The molecule has 2 amide bonds. The second-order valence-corrected chi connectivity index (χ2v) is 3.77. The minimum absolute atomic E-state index is 0.0353. The third kappa shape index (κ3) is 7.25. The molecule has 1 aliphatic carbocycles. The van der Waals surface area contributed by atoms with Crippen molar-refractivity contribution in [3.8, 4) is 0 Å². The number of rotatable bonds is 4. The highest BCUT2D eigenvalue weighted by molar-refractivity contribution is 6.00. The van der Waals surface area contributed by atoms with Crippen LogP contribution in [0.4, 0.5) is 0 Å². The number of nitrogens with one attached hydrogen (secondary N) is 1. The molecule has 114 valence electrons. The average molecular weight is 298 g/mol. The van der Waals surface area contributed by atoms with E-state index in [9.17, 15) is 14.4 Å². The lowest BCUT2D eigenvalue weighted by molar-refractivity contribution is -0.132. The van der Waals surface area contributed by atoms with E-state index in [1.54, 1.807) is 0 Å². The first kappa shape index (κ1) is 18.0. The molecule has 0 unspecified atom stereocenters. The molecule has 0 bridgehead atoms. The molecule has 0 aromatic heterocycles. The number of amides is 2. The number of carboxylic acids is 1. The smallest absolute Gasteiger partial charge is 0.339 e. The van der Waals surface area contributed by atoms with Gasteiger partial charge in [-0.25, -0.2) is 10.3 Å². The van der Waals surface area contributed by atoms with Gasteiger partial charge in [0.2, 0.25) is 11.8 Å². The first-order valence-corrected chi connectivity index (χ1v) is 5.57. The molecule has 1 aliphatic rings. The predicted molar refractivity (Wildman–Crippen MR) is 68.0 cm³/mol. The van der Waals surface area contributed by atoms with Crippen molar-refractivity contribution >= 4 is 23.5 Å². The lowest BCUT2D eigenvalue weighted by Gasteiger charge is -2.02. The van der Waals surface area contributed by atoms with E-state index >= 15 is 0 Å². The third-order valence-corrected chi connectivity index (χ3v) is 2.18. The molecule has 10 heteroatoms. The fourth-order valence-electron chi connectivity index (χ4n) is 1.16. The van der Waals surface area contributed by atoms with Crippen LogP contribution in [-0.4, -0.2) is 43.7 Å². The van der Waals surface area contributed by atoms with Gasteiger partial charge in [-0.15, -0.1) is 0 Å². The van der Waals surface area contributed by atoms with Gasteiger partial charge in [0, 0.05) is 18.9 Å². The van der Waals surface area contributed by atoms with Gasteiger partial charge in [0.15, 0.2) is 0 Å². The summed E-state index contributed by atoms with van der Waals surface area (Å²) in [6.45, 7) is 0. The lowest BCUT2D eigenvalue weighted by Crippen LogP contribution is -2.21. The summed E-state index contributed by atoms with van der Waals surface area (Å²) in [5.41, 5.74) is 14.4. The molecule has 1 rings (SSSR count). The number of aliphatic hydroxyl groups excluding tert-OH is 1. The molecule has 0 radical (unpaired) electrons. The van der Waals surface area contributed by atoms with Crippen LogP contribution in [0, 0.1) is 0 Å². The first-order valence-electron chi connectivity index (χ1n) is 5.57. The van der Waals surface area contributed by atoms with Crippen molar-refractivity contribution < 1.29 is 34.6 Å². The summed E-state index contributed by atoms with van der Waals surface area (Å²) >= 11 is 0. The molecule has 0 aromatic carbocycles. The van der Waals surface area contributed by atoms with Crippen molar-refractivity contribution in [1.82, 2.24) is 5.48 Å². The monoisotopic (exact) mass is 298 g/mol. The highest BCUT2D eigenvalue weighted by atomic mass is 16.5. The van der Waals surface area contributed by atoms with Gasteiger partial charge in [-0.3, -0.25) is 14.8 Å². The van der Waals surface area contributed by atoms with Crippen molar-refractivity contribution in [3.05, 3.63) is 29.0 Å². The number of nitrogens with zero attached hydrogens (tertiary/aromatic N) is 2. The molecule has 0 aliphatic heterocycles. The Morgan fingerprint density at radius 1 is 1.33 bits per heavy atom. The first-order chi connectivity index (χ1) is 9.81. The van der Waals surface area contributed by atoms with Crippen LogP contribution in [0.25, 0.3) is 5.53 Å². The Bertz CT molecular complexity index is 545. The Hall–Kier alpha value is -2.97. The molecule has 0 atom stereocenters. The van der Waals surface area contributed by atoms with Crippen molar-refractivity contribution in [2.75, 3.05) is 0 Å². The number of allylic oxidation sites excluding steroid dienone is 2. The van der Waals surface area contributed by atoms with Crippen molar-refractivity contribution in [3.63, 3.8) is 0 Å². The number of aliphatic carboxylic acids is 1. The van der Waals surface area contributed by atoms with Crippen molar-refractivity contribution in [2.45, 2.75) is 19.3 Å². The fourth-order valence-corrected chi connectivity index (χ4v) is 1.16. The number of hydrogen-bond acceptors (Lipinski definition) is 5. The summed E-state index contributed by atoms with van der Waals surface area (Å²) in [6, 6.07) is 0. The highest BCUT2D eigenvalue weighted by Crippen LogP contribution is 2.13. The minimum atomic E-state index is -1.19. The zero-order chi connectivity index (χ0) is 16.4. The van der Waals surface area contributed by atoms with Gasteiger partial charge < -0.3 is 21.5 Å². The predicted octanol–water partition coefficient (Wildman–Crippen LogP) is -0.729. The largest absolute Gasteiger partial charge is 0.511 e. The molecule has 10 nitrogen and oxygen atoms in total. The van der Waals surface area contributed by atoms with Gasteiger partial charge in [0.25, 0.3) is 5.71 Å². The van der Waals surface area contributed by atoms with Crippen LogP contribution in [0.1, 0.15) is 19.3 Å². The van der Waals surface area contributed by atoms with Crippen LogP contribution in [0.15, 0.2) is 23.5 Å². The Kier molecular flexibility index (Phi) is 7.74. The SMILES string of the molecule is NC(=O)CCC(=O)NO.[N-]=[N+]=C1C=CC(C(=O)O)=C(O)C1. The third-order valence-electron chi connectivity index (χ3n) is 2.18. The second-order valence-electron chi connectivity index (χ2n) is 3.77. The number of primary amides is 1. The molecular formula is C11H14N4O6. The highest BCUT2D eigenvalue weighted by Gasteiger charge is 2.20. The Balaban J connectivity index is 0.000000400. The van der Waals surface area contributed by atoms with Crippen LogP contribution < -0.4 is 11.2 Å². The van der Waals surface area contributed by atoms with Gasteiger partial charge in [0.05, 0.1) is 5.57 Å². The number of carbonyl (C=O) groups is 3. The number of nitrogens with two attached hydrogens (primary N) is 1. The Labute approximate surface area is 118 Å².